The number of thiol groups is 1. The average molecular weight is 293 g/mol. The Bertz CT molecular complexity index is 518. The number of esters is 1. The smallest absolute Gasteiger partial charge is 0.329 e. The molecule has 1 aliphatic rings. The highest BCUT2D eigenvalue weighted by molar-refractivity contribution is 7.80. The van der Waals surface area contributed by atoms with Crippen LogP contribution in [-0.4, -0.2) is 30.3 Å². The number of hydrogen-bond donors (Lipinski definition) is 1. The van der Waals surface area contributed by atoms with Gasteiger partial charge in [-0.25, -0.2) is 4.79 Å². The van der Waals surface area contributed by atoms with Gasteiger partial charge in [0.1, 0.15) is 6.04 Å². The number of para-hydroxylation sites is 1. The predicted molar refractivity (Wildman–Crippen MR) is 81.1 cm³/mol. The zero-order chi connectivity index (χ0) is 14.7. The predicted octanol–water partition coefficient (Wildman–Crippen LogP) is 2.07. The van der Waals surface area contributed by atoms with Crippen LogP contribution in [0.2, 0.25) is 0 Å². The largest absolute Gasteiger partial charge is 0.464 e. The quantitative estimate of drug-likeness (QED) is 0.683. The Morgan fingerprint density at radius 2 is 2.15 bits per heavy atom. The van der Waals surface area contributed by atoms with Gasteiger partial charge in [0.05, 0.1) is 6.61 Å². The standard InChI is InChI=1S/C15H19NO3S/c1-3-19-15(18)13-8-11-6-4-5-7-12(11)16(13)14(17)10(2)9-20/h4-7,10,13,20H,3,8-9H2,1-2H3/t10-,13+/m1/s1. The van der Waals surface area contributed by atoms with Gasteiger partial charge in [0.25, 0.3) is 0 Å². The number of benzene rings is 1. The molecule has 0 N–H and O–H groups in total. The van der Waals surface area contributed by atoms with E-state index in [2.05, 4.69) is 12.6 Å². The van der Waals surface area contributed by atoms with Crippen molar-refractivity contribution in [3.8, 4) is 0 Å². The molecule has 0 spiro atoms. The fraction of sp³-hybridized carbons (Fsp3) is 0.467. The molecule has 2 atom stereocenters. The zero-order valence-electron chi connectivity index (χ0n) is 11.7. The average Bonchev–Trinajstić information content (AvgIpc) is 2.85. The van der Waals surface area contributed by atoms with E-state index in [1.165, 1.54) is 0 Å². The van der Waals surface area contributed by atoms with Crippen LogP contribution in [0, 0.1) is 5.92 Å². The van der Waals surface area contributed by atoms with Crippen molar-refractivity contribution in [2.75, 3.05) is 17.3 Å². The number of hydrogen-bond acceptors (Lipinski definition) is 4. The third-order valence-corrected chi connectivity index (χ3v) is 4.02. The van der Waals surface area contributed by atoms with Gasteiger partial charge >= 0.3 is 5.97 Å². The second-order valence-electron chi connectivity index (χ2n) is 4.89. The molecular weight excluding hydrogens is 274 g/mol. The molecule has 0 aromatic heterocycles. The topological polar surface area (TPSA) is 46.6 Å². The van der Waals surface area contributed by atoms with Crippen molar-refractivity contribution in [1.29, 1.82) is 0 Å². The molecule has 0 saturated heterocycles. The summed E-state index contributed by atoms with van der Waals surface area (Å²) in [4.78, 5) is 26.2. The minimum atomic E-state index is -0.554. The Balaban J connectivity index is 2.35. The van der Waals surface area contributed by atoms with Crippen LogP contribution in [-0.2, 0) is 20.7 Å². The summed E-state index contributed by atoms with van der Waals surface area (Å²) in [6, 6.07) is 7.05. The van der Waals surface area contributed by atoms with Gasteiger partial charge in [-0.3, -0.25) is 9.69 Å². The van der Waals surface area contributed by atoms with Crippen LogP contribution in [0.4, 0.5) is 5.69 Å². The molecule has 0 aliphatic carbocycles. The fourth-order valence-corrected chi connectivity index (χ4v) is 2.56. The normalized spacial score (nSPS) is 18.6. The molecule has 0 unspecified atom stereocenters. The van der Waals surface area contributed by atoms with E-state index in [9.17, 15) is 9.59 Å². The van der Waals surface area contributed by atoms with Crippen LogP contribution in [0.3, 0.4) is 0 Å². The van der Waals surface area contributed by atoms with Gasteiger partial charge in [-0.15, -0.1) is 0 Å². The number of rotatable bonds is 4. The van der Waals surface area contributed by atoms with Crippen molar-refractivity contribution in [1.82, 2.24) is 0 Å². The van der Waals surface area contributed by atoms with Crippen LogP contribution in [0.25, 0.3) is 0 Å². The molecule has 1 amide bonds. The summed E-state index contributed by atoms with van der Waals surface area (Å²) in [5, 5.41) is 0. The molecule has 2 rings (SSSR count). The second kappa shape index (κ2) is 6.31. The molecule has 108 valence electrons. The van der Waals surface area contributed by atoms with Gasteiger partial charge in [-0.05, 0) is 18.6 Å². The maximum Gasteiger partial charge on any atom is 0.329 e. The SMILES string of the molecule is CCOC(=O)[C@@H]1Cc2ccccc2N1C(=O)[C@H](C)CS. The first-order chi connectivity index (χ1) is 9.60. The lowest BCUT2D eigenvalue weighted by Gasteiger charge is -2.26. The van der Waals surface area contributed by atoms with E-state index < -0.39 is 6.04 Å². The second-order valence-corrected chi connectivity index (χ2v) is 5.26. The molecular formula is C15H19NO3S. The maximum atomic E-state index is 12.5. The summed E-state index contributed by atoms with van der Waals surface area (Å²) < 4.78 is 5.10. The molecule has 20 heavy (non-hydrogen) atoms. The third-order valence-electron chi connectivity index (χ3n) is 3.47. The van der Waals surface area contributed by atoms with Crippen molar-refractivity contribution in [3.63, 3.8) is 0 Å². The summed E-state index contributed by atoms with van der Waals surface area (Å²) >= 11 is 4.18. The maximum absolute atomic E-state index is 12.5. The highest BCUT2D eigenvalue weighted by Crippen LogP contribution is 2.33. The fourth-order valence-electron chi connectivity index (χ4n) is 2.40. The van der Waals surface area contributed by atoms with E-state index in [0.29, 0.717) is 18.8 Å². The summed E-state index contributed by atoms with van der Waals surface area (Å²) in [6.07, 6.45) is 0.514. The van der Waals surface area contributed by atoms with E-state index in [1.807, 2.05) is 31.2 Å². The number of anilines is 1. The molecule has 4 nitrogen and oxygen atoms in total. The lowest BCUT2D eigenvalue weighted by Crippen LogP contribution is -2.46. The molecule has 5 heteroatoms. The van der Waals surface area contributed by atoms with Gasteiger partial charge in [0.15, 0.2) is 0 Å². The lowest BCUT2D eigenvalue weighted by molar-refractivity contribution is -0.145. The summed E-state index contributed by atoms with van der Waals surface area (Å²) in [7, 11) is 0. The van der Waals surface area contributed by atoms with E-state index in [1.54, 1.807) is 11.8 Å². The monoisotopic (exact) mass is 293 g/mol. The van der Waals surface area contributed by atoms with E-state index in [4.69, 9.17) is 4.74 Å². The Morgan fingerprint density at radius 3 is 2.80 bits per heavy atom. The number of amides is 1. The Morgan fingerprint density at radius 1 is 1.45 bits per heavy atom. The van der Waals surface area contributed by atoms with Crippen LogP contribution in [0.5, 0.6) is 0 Å². The van der Waals surface area contributed by atoms with Gasteiger partial charge in [-0.1, -0.05) is 25.1 Å². The number of carbonyl (C=O) groups is 2. The molecule has 0 saturated carbocycles. The van der Waals surface area contributed by atoms with Gasteiger partial charge in [0, 0.05) is 23.8 Å². The lowest BCUT2D eigenvalue weighted by atomic mass is 10.1. The Kier molecular flexibility index (Phi) is 4.70. The first-order valence-electron chi connectivity index (χ1n) is 6.78. The van der Waals surface area contributed by atoms with Crippen molar-refractivity contribution in [3.05, 3.63) is 29.8 Å². The van der Waals surface area contributed by atoms with Crippen molar-refractivity contribution >= 4 is 30.2 Å². The summed E-state index contributed by atoms with van der Waals surface area (Å²) in [5.74, 6) is -0.208. The first kappa shape index (κ1) is 14.9. The number of ether oxygens (including phenoxy) is 1. The van der Waals surface area contributed by atoms with E-state index >= 15 is 0 Å². The molecule has 1 aromatic rings. The number of nitrogens with zero attached hydrogens (tertiary/aromatic N) is 1. The van der Waals surface area contributed by atoms with Gasteiger partial charge in [-0.2, -0.15) is 12.6 Å². The number of carbonyl (C=O) groups excluding carboxylic acids is 2. The van der Waals surface area contributed by atoms with Crippen LogP contribution in [0.1, 0.15) is 19.4 Å². The zero-order valence-corrected chi connectivity index (χ0v) is 12.6. The summed E-state index contributed by atoms with van der Waals surface area (Å²) in [5.41, 5.74) is 1.81. The molecule has 0 fully saturated rings. The van der Waals surface area contributed by atoms with Gasteiger partial charge in [0.2, 0.25) is 5.91 Å². The van der Waals surface area contributed by atoms with Crippen LogP contribution in [0.15, 0.2) is 24.3 Å². The summed E-state index contributed by atoms with van der Waals surface area (Å²) in [6.45, 7) is 3.90. The number of fused-ring (bicyclic) bond motifs is 1. The molecule has 1 aromatic carbocycles. The Labute approximate surface area is 124 Å². The minimum absolute atomic E-state index is 0.0806. The molecule has 1 aliphatic heterocycles. The van der Waals surface area contributed by atoms with Crippen LogP contribution >= 0.6 is 12.6 Å². The molecule has 0 bridgehead atoms. The van der Waals surface area contributed by atoms with E-state index in [-0.39, 0.29) is 17.8 Å². The van der Waals surface area contributed by atoms with Crippen molar-refractivity contribution in [2.45, 2.75) is 26.3 Å². The van der Waals surface area contributed by atoms with Crippen LogP contribution < -0.4 is 4.90 Å². The van der Waals surface area contributed by atoms with Crippen molar-refractivity contribution < 1.29 is 14.3 Å². The van der Waals surface area contributed by atoms with Crippen molar-refractivity contribution in [2.24, 2.45) is 5.92 Å². The van der Waals surface area contributed by atoms with E-state index in [0.717, 1.165) is 11.3 Å². The third kappa shape index (κ3) is 2.68. The highest BCUT2D eigenvalue weighted by Gasteiger charge is 2.40. The molecule has 0 radical (unpaired) electrons. The Hall–Kier alpha value is -1.49. The molecule has 1 heterocycles. The minimum Gasteiger partial charge on any atom is -0.464 e. The highest BCUT2D eigenvalue weighted by atomic mass is 32.1. The first-order valence-corrected chi connectivity index (χ1v) is 7.41. The van der Waals surface area contributed by atoms with Gasteiger partial charge < -0.3 is 4.74 Å².